The summed E-state index contributed by atoms with van der Waals surface area (Å²) in [5, 5.41) is 9.80. The minimum Gasteiger partial charge on any atom is -0.487 e. The molecular weight excluding hydrogens is 280 g/mol. The number of amides is 1. The lowest BCUT2D eigenvalue weighted by Gasteiger charge is -2.38. The number of H-pyrrole nitrogens is 1. The van der Waals surface area contributed by atoms with E-state index in [1.165, 1.54) is 0 Å². The topological polar surface area (TPSA) is 93.0 Å². The number of aromatic amines is 1. The van der Waals surface area contributed by atoms with Crippen LogP contribution >= 0.6 is 0 Å². The van der Waals surface area contributed by atoms with E-state index in [9.17, 15) is 4.79 Å². The maximum atomic E-state index is 12.4. The van der Waals surface area contributed by atoms with Crippen molar-refractivity contribution in [3.05, 3.63) is 41.2 Å². The van der Waals surface area contributed by atoms with Crippen LogP contribution < -0.4 is 15.8 Å². The summed E-state index contributed by atoms with van der Waals surface area (Å²) in [5.74, 6) is 0.550. The van der Waals surface area contributed by atoms with Gasteiger partial charge in [-0.05, 0) is 45.0 Å². The molecule has 0 saturated heterocycles. The average Bonchev–Trinajstić information content (AvgIpc) is 2.85. The molecule has 1 aliphatic heterocycles. The first-order chi connectivity index (χ1) is 10.3. The van der Waals surface area contributed by atoms with Crippen LogP contribution in [0.25, 0.3) is 0 Å². The first-order valence-corrected chi connectivity index (χ1v) is 7.25. The Balaban J connectivity index is 1.90. The normalized spacial score (nSPS) is 19.1. The van der Waals surface area contributed by atoms with Crippen LogP contribution in [0.3, 0.4) is 0 Å². The molecule has 1 amide bonds. The molecule has 1 aromatic heterocycles. The van der Waals surface area contributed by atoms with Crippen LogP contribution in [0.4, 0.5) is 5.69 Å². The van der Waals surface area contributed by atoms with Gasteiger partial charge in [0.05, 0.1) is 6.04 Å². The highest BCUT2D eigenvalue weighted by Crippen LogP contribution is 2.40. The Morgan fingerprint density at radius 1 is 1.45 bits per heavy atom. The molecule has 1 unspecified atom stereocenters. The van der Waals surface area contributed by atoms with Crippen LogP contribution in [0.1, 0.15) is 48.1 Å². The second-order valence-corrected chi connectivity index (χ2v) is 6.33. The summed E-state index contributed by atoms with van der Waals surface area (Å²) in [6.07, 6.45) is 0.665. The molecule has 0 radical (unpaired) electrons. The molecule has 0 aliphatic carbocycles. The number of aryl methyl sites for hydroxylation is 1. The molecule has 1 aromatic carbocycles. The predicted molar refractivity (Wildman–Crippen MR) is 83.7 cm³/mol. The van der Waals surface area contributed by atoms with E-state index in [0.29, 0.717) is 17.8 Å². The second kappa shape index (κ2) is 5.05. The standard InChI is InChI=1S/C16H20N4O2/c1-9-6-12(20-19-9)15(21)18-13-8-16(2,3)22-14-5-4-10(17)7-11(13)14/h4-7,13H,8,17H2,1-3H3,(H,18,21)(H,19,20). The molecule has 2 aromatic rings. The van der Waals surface area contributed by atoms with Gasteiger partial charge in [0.25, 0.3) is 5.91 Å². The lowest BCUT2D eigenvalue weighted by atomic mass is 9.89. The first kappa shape index (κ1) is 14.4. The number of hydrogen-bond donors (Lipinski definition) is 3. The fourth-order valence-electron chi connectivity index (χ4n) is 2.77. The molecule has 4 N–H and O–H groups in total. The van der Waals surface area contributed by atoms with Crippen LogP contribution in [0.15, 0.2) is 24.3 Å². The number of ether oxygens (including phenoxy) is 1. The third-order valence-corrected chi connectivity index (χ3v) is 3.74. The Morgan fingerprint density at radius 3 is 2.91 bits per heavy atom. The number of rotatable bonds is 2. The zero-order valence-corrected chi connectivity index (χ0v) is 12.9. The molecule has 0 spiro atoms. The highest BCUT2D eigenvalue weighted by atomic mass is 16.5. The monoisotopic (exact) mass is 300 g/mol. The third-order valence-electron chi connectivity index (χ3n) is 3.74. The summed E-state index contributed by atoms with van der Waals surface area (Å²) in [4.78, 5) is 12.4. The van der Waals surface area contributed by atoms with Crippen LogP contribution in [-0.4, -0.2) is 21.7 Å². The van der Waals surface area contributed by atoms with Crippen molar-refractivity contribution in [1.29, 1.82) is 0 Å². The van der Waals surface area contributed by atoms with Crippen LogP contribution in [0, 0.1) is 6.92 Å². The quantitative estimate of drug-likeness (QED) is 0.742. The summed E-state index contributed by atoms with van der Waals surface area (Å²) in [6, 6.07) is 7.07. The smallest absolute Gasteiger partial charge is 0.272 e. The number of hydrogen-bond acceptors (Lipinski definition) is 4. The number of anilines is 1. The molecule has 0 bridgehead atoms. The van der Waals surface area contributed by atoms with Crippen molar-refractivity contribution in [2.75, 3.05) is 5.73 Å². The maximum Gasteiger partial charge on any atom is 0.272 e. The lowest BCUT2D eigenvalue weighted by Crippen LogP contribution is -2.41. The van der Waals surface area contributed by atoms with Gasteiger partial charge in [0.15, 0.2) is 0 Å². The number of carbonyl (C=O) groups is 1. The molecule has 0 fully saturated rings. The highest BCUT2D eigenvalue weighted by Gasteiger charge is 2.35. The predicted octanol–water partition coefficient (Wildman–Crippen LogP) is 2.33. The van der Waals surface area contributed by atoms with Crippen molar-refractivity contribution in [3.63, 3.8) is 0 Å². The number of nitrogens with zero attached hydrogens (tertiary/aromatic N) is 1. The molecule has 2 heterocycles. The SMILES string of the molecule is Cc1cc(C(=O)NC2CC(C)(C)Oc3ccc(N)cc32)n[nH]1. The average molecular weight is 300 g/mol. The molecule has 1 atom stereocenters. The van der Waals surface area contributed by atoms with E-state index in [4.69, 9.17) is 10.5 Å². The fraction of sp³-hybridized carbons (Fsp3) is 0.375. The Labute approximate surface area is 129 Å². The van der Waals surface area contributed by atoms with Gasteiger partial charge >= 0.3 is 0 Å². The summed E-state index contributed by atoms with van der Waals surface area (Å²) in [6.45, 7) is 5.87. The van der Waals surface area contributed by atoms with E-state index in [1.54, 1.807) is 12.1 Å². The van der Waals surface area contributed by atoms with Gasteiger partial charge < -0.3 is 15.8 Å². The van der Waals surface area contributed by atoms with Gasteiger partial charge in [-0.3, -0.25) is 9.89 Å². The van der Waals surface area contributed by atoms with E-state index in [2.05, 4.69) is 15.5 Å². The summed E-state index contributed by atoms with van der Waals surface area (Å²) in [7, 11) is 0. The zero-order chi connectivity index (χ0) is 15.9. The van der Waals surface area contributed by atoms with E-state index in [0.717, 1.165) is 17.0 Å². The Kier molecular flexibility index (Phi) is 3.31. The van der Waals surface area contributed by atoms with E-state index in [-0.39, 0.29) is 17.6 Å². The maximum absolute atomic E-state index is 12.4. The van der Waals surface area contributed by atoms with Crippen molar-refractivity contribution in [3.8, 4) is 5.75 Å². The number of aromatic nitrogens is 2. The highest BCUT2D eigenvalue weighted by molar-refractivity contribution is 5.92. The van der Waals surface area contributed by atoms with Crippen LogP contribution in [0.2, 0.25) is 0 Å². The number of nitrogens with one attached hydrogen (secondary N) is 2. The van der Waals surface area contributed by atoms with Gasteiger partial charge in [0, 0.05) is 23.4 Å². The lowest BCUT2D eigenvalue weighted by molar-refractivity contribution is 0.0618. The van der Waals surface area contributed by atoms with Crippen LogP contribution in [-0.2, 0) is 0 Å². The van der Waals surface area contributed by atoms with Crippen molar-refractivity contribution < 1.29 is 9.53 Å². The fourth-order valence-corrected chi connectivity index (χ4v) is 2.77. The number of benzene rings is 1. The number of fused-ring (bicyclic) bond motifs is 1. The molecule has 6 heteroatoms. The van der Waals surface area contributed by atoms with E-state index < -0.39 is 0 Å². The van der Waals surface area contributed by atoms with E-state index >= 15 is 0 Å². The summed E-state index contributed by atoms with van der Waals surface area (Å²) >= 11 is 0. The number of nitrogen functional groups attached to an aromatic ring is 1. The van der Waals surface area contributed by atoms with Gasteiger partial charge in [-0.15, -0.1) is 0 Å². The van der Waals surface area contributed by atoms with Gasteiger partial charge in [-0.1, -0.05) is 0 Å². The summed E-state index contributed by atoms with van der Waals surface area (Å²) < 4.78 is 5.97. The van der Waals surface area contributed by atoms with Crippen molar-refractivity contribution in [2.24, 2.45) is 0 Å². The second-order valence-electron chi connectivity index (χ2n) is 6.33. The minimum absolute atomic E-state index is 0.160. The molecule has 6 nitrogen and oxygen atoms in total. The van der Waals surface area contributed by atoms with Gasteiger partial charge in [0.2, 0.25) is 0 Å². The van der Waals surface area contributed by atoms with E-state index in [1.807, 2.05) is 32.9 Å². The Bertz CT molecular complexity index is 721. The Hall–Kier alpha value is -2.50. The molecule has 116 valence electrons. The van der Waals surface area contributed by atoms with Gasteiger partial charge in [-0.25, -0.2) is 0 Å². The molecule has 0 saturated carbocycles. The van der Waals surface area contributed by atoms with Crippen molar-refractivity contribution in [2.45, 2.75) is 38.8 Å². The van der Waals surface area contributed by atoms with Crippen LogP contribution in [0.5, 0.6) is 5.75 Å². The largest absolute Gasteiger partial charge is 0.487 e. The minimum atomic E-state index is -0.359. The van der Waals surface area contributed by atoms with Crippen molar-refractivity contribution in [1.82, 2.24) is 15.5 Å². The number of nitrogens with two attached hydrogens (primary N) is 1. The first-order valence-electron chi connectivity index (χ1n) is 7.25. The molecule has 1 aliphatic rings. The van der Waals surface area contributed by atoms with Gasteiger partial charge in [0.1, 0.15) is 17.0 Å². The molecule has 22 heavy (non-hydrogen) atoms. The molecular formula is C16H20N4O2. The third kappa shape index (κ3) is 2.77. The van der Waals surface area contributed by atoms with Gasteiger partial charge in [-0.2, -0.15) is 5.10 Å². The zero-order valence-electron chi connectivity index (χ0n) is 12.9. The Morgan fingerprint density at radius 2 is 2.23 bits per heavy atom. The molecule has 3 rings (SSSR count). The number of carbonyl (C=O) groups excluding carboxylic acids is 1. The van der Waals surface area contributed by atoms with Crippen molar-refractivity contribution >= 4 is 11.6 Å². The summed E-state index contributed by atoms with van der Waals surface area (Å²) in [5.41, 5.74) is 8.30.